The first-order valence-corrected chi connectivity index (χ1v) is 3.85. The smallest absolute Gasteiger partial charge is 0.226 e. The zero-order valence-corrected chi connectivity index (χ0v) is 7.61. The fourth-order valence-electron chi connectivity index (χ4n) is 0.412. The summed E-state index contributed by atoms with van der Waals surface area (Å²) >= 11 is 3.03. The number of allylic oxidation sites excluding steroid dienone is 2. The van der Waals surface area contributed by atoms with Crippen LogP contribution in [0, 0.1) is 0 Å². The maximum atomic E-state index is 12.5. The third kappa shape index (κ3) is 4.84. The Morgan fingerprint density at radius 2 is 2.18 bits per heavy atom. The molecule has 1 atom stereocenters. The Kier molecular flexibility index (Phi) is 4.94. The van der Waals surface area contributed by atoms with Crippen molar-refractivity contribution in [2.45, 2.75) is 11.8 Å². The molecule has 0 amide bonds. The Balaban J connectivity index is 4.34. The molecule has 0 saturated carbocycles. The zero-order valence-electron chi connectivity index (χ0n) is 6.02. The van der Waals surface area contributed by atoms with Gasteiger partial charge in [-0.2, -0.15) is 4.39 Å². The summed E-state index contributed by atoms with van der Waals surface area (Å²) in [4.78, 5) is 2.81. The molecule has 0 spiro atoms. The van der Waals surface area contributed by atoms with Crippen LogP contribution in [0.2, 0.25) is 0 Å². The highest BCUT2D eigenvalue weighted by Crippen LogP contribution is 2.08. The van der Waals surface area contributed by atoms with Crippen molar-refractivity contribution in [3.05, 3.63) is 24.7 Å². The number of hydrogen-bond donors (Lipinski definition) is 0. The predicted molar refractivity (Wildman–Crippen MR) is 46.3 cm³/mol. The van der Waals surface area contributed by atoms with Crippen LogP contribution >= 0.6 is 15.9 Å². The van der Waals surface area contributed by atoms with Crippen molar-refractivity contribution in [1.29, 1.82) is 0 Å². The van der Waals surface area contributed by atoms with E-state index in [0.29, 0.717) is 0 Å². The highest BCUT2D eigenvalue weighted by atomic mass is 79.9. The maximum Gasteiger partial charge on any atom is 0.248 e. The Morgan fingerprint density at radius 1 is 1.64 bits per heavy atom. The first kappa shape index (κ1) is 10.5. The molecule has 0 bridgehead atoms. The minimum absolute atomic E-state index is 0.215. The number of rotatable bonds is 3. The molecule has 4 heteroatoms. The largest absolute Gasteiger partial charge is 0.248 e. The van der Waals surface area contributed by atoms with Crippen LogP contribution in [-0.2, 0) is 0 Å². The molecule has 1 unspecified atom stereocenters. The van der Waals surface area contributed by atoms with Gasteiger partial charge in [-0.3, -0.25) is 0 Å². The molecule has 0 aliphatic rings. The number of aliphatic imine (C=N–C) groups is 1. The maximum absolute atomic E-state index is 12.5. The molecule has 62 valence electrons. The molecule has 0 aliphatic heterocycles. The molecular weight excluding hydrogens is 216 g/mol. The monoisotopic (exact) mass is 223 g/mol. The van der Waals surface area contributed by atoms with Crippen LogP contribution < -0.4 is 0 Å². The van der Waals surface area contributed by atoms with Crippen LogP contribution in [0.1, 0.15) is 6.92 Å². The van der Waals surface area contributed by atoms with E-state index in [1.165, 1.54) is 0 Å². The quantitative estimate of drug-likeness (QED) is 0.515. The van der Waals surface area contributed by atoms with Crippen LogP contribution in [0.3, 0.4) is 0 Å². The Bertz CT molecular complexity index is 197. The van der Waals surface area contributed by atoms with Crippen molar-refractivity contribution in [2.24, 2.45) is 4.99 Å². The van der Waals surface area contributed by atoms with Gasteiger partial charge in [0.15, 0.2) is 5.83 Å². The standard InChI is InChI=1S/C7H8BrF2N/c1-3-11-7(10)6(9)4-5(2)8/h3-5H,1H2,2H3/b6-4+,11-7?. The summed E-state index contributed by atoms with van der Waals surface area (Å²) in [5, 5.41) is 0. The van der Waals surface area contributed by atoms with Gasteiger partial charge in [-0.25, -0.2) is 9.38 Å². The molecule has 11 heavy (non-hydrogen) atoms. The summed E-state index contributed by atoms with van der Waals surface area (Å²) in [7, 11) is 0. The second-order valence-electron chi connectivity index (χ2n) is 1.79. The summed E-state index contributed by atoms with van der Waals surface area (Å²) in [6.07, 6.45) is 2.02. The summed E-state index contributed by atoms with van der Waals surface area (Å²) in [5.74, 6) is -2.12. The summed E-state index contributed by atoms with van der Waals surface area (Å²) in [6, 6.07) is 0. The Hall–Kier alpha value is -0.510. The van der Waals surface area contributed by atoms with Crippen LogP contribution in [0.5, 0.6) is 0 Å². The van der Waals surface area contributed by atoms with Crippen molar-refractivity contribution in [3.63, 3.8) is 0 Å². The van der Waals surface area contributed by atoms with Gasteiger partial charge in [0.1, 0.15) is 0 Å². The first-order chi connectivity index (χ1) is 5.07. The molecule has 0 N–H and O–H groups in total. The lowest BCUT2D eigenvalue weighted by Gasteiger charge is -1.93. The van der Waals surface area contributed by atoms with Gasteiger partial charge in [0.25, 0.3) is 0 Å². The van der Waals surface area contributed by atoms with E-state index in [9.17, 15) is 8.78 Å². The summed E-state index contributed by atoms with van der Waals surface area (Å²) in [5.41, 5.74) is 0. The topological polar surface area (TPSA) is 12.4 Å². The van der Waals surface area contributed by atoms with Crippen molar-refractivity contribution in [2.75, 3.05) is 0 Å². The van der Waals surface area contributed by atoms with Gasteiger partial charge in [0, 0.05) is 11.0 Å². The van der Waals surface area contributed by atoms with Crippen molar-refractivity contribution >= 4 is 21.9 Å². The predicted octanol–water partition coefficient (Wildman–Crippen LogP) is 3.13. The lowest BCUT2D eigenvalue weighted by Crippen LogP contribution is -1.92. The lowest BCUT2D eigenvalue weighted by molar-refractivity contribution is 0.637. The summed E-state index contributed by atoms with van der Waals surface area (Å²) in [6.45, 7) is 4.80. The molecule has 0 rings (SSSR count). The fraction of sp³-hybridized carbons (Fsp3) is 0.286. The molecular formula is C7H8BrF2N. The van der Waals surface area contributed by atoms with Crippen LogP contribution in [0.4, 0.5) is 8.78 Å². The zero-order chi connectivity index (χ0) is 8.85. The second kappa shape index (κ2) is 5.18. The highest BCUT2D eigenvalue weighted by Gasteiger charge is 2.04. The van der Waals surface area contributed by atoms with Crippen LogP contribution in [0.15, 0.2) is 29.7 Å². The molecule has 0 heterocycles. The second-order valence-corrected chi connectivity index (χ2v) is 3.24. The Morgan fingerprint density at radius 3 is 2.55 bits per heavy atom. The minimum atomic E-state index is -1.15. The van der Waals surface area contributed by atoms with E-state index in [-0.39, 0.29) is 4.83 Å². The fourth-order valence-corrected chi connectivity index (χ4v) is 0.644. The first-order valence-electron chi connectivity index (χ1n) is 2.94. The number of hydrogen-bond acceptors (Lipinski definition) is 1. The average molecular weight is 224 g/mol. The third-order valence-electron chi connectivity index (χ3n) is 0.778. The molecule has 1 nitrogen and oxygen atoms in total. The van der Waals surface area contributed by atoms with E-state index in [2.05, 4.69) is 27.5 Å². The molecule has 0 fully saturated rings. The number of nitrogens with zero attached hydrogens (tertiary/aromatic N) is 1. The van der Waals surface area contributed by atoms with E-state index < -0.39 is 11.8 Å². The van der Waals surface area contributed by atoms with E-state index in [1.807, 2.05) is 0 Å². The third-order valence-corrected chi connectivity index (χ3v) is 1.04. The molecule has 0 radical (unpaired) electrons. The molecule has 0 aromatic rings. The van der Waals surface area contributed by atoms with Crippen molar-refractivity contribution in [1.82, 2.24) is 0 Å². The van der Waals surface area contributed by atoms with Gasteiger partial charge < -0.3 is 0 Å². The lowest BCUT2D eigenvalue weighted by atomic mass is 10.4. The SMILES string of the molecule is C=CN=C(F)/C(F)=C\C(C)Br. The number of alkyl halides is 1. The van der Waals surface area contributed by atoms with Crippen molar-refractivity contribution in [3.8, 4) is 0 Å². The van der Waals surface area contributed by atoms with E-state index >= 15 is 0 Å². The molecule has 0 aromatic heterocycles. The van der Waals surface area contributed by atoms with Gasteiger partial charge in [0.2, 0.25) is 5.97 Å². The van der Waals surface area contributed by atoms with Crippen LogP contribution in [-0.4, -0.2) is 10.8 Å². The average Bonchev–Trinajstić information content (AvgIpc) is 1.86. The molecule has 0 aromatic carbocycles. The van der Waals surface area contributed by atoms with Gasteiger partial charge in [-0.15, -0.1) is 0 Å². The number of halogens is 3. The van der Waals surface area contributed by atoms with E-state index in [0.717, 1.165) is 12.3 Å². The van der Waals surface area contributed by atoms with E-state index in [4.69, 9.17) is 0 Å². The molecule has 0 aliphatic carbocycles. The normalized spacial score (nSPS) is 16.4. The van der Waals surface area contributed by atoms with E-state index in [1.54, 1.807) is 6.92 Å². The molecule has 0 saturated heterocycles. The van der Waals surface area contributed by atoms with Gasteiger partial charge in [0.05, 0.1) is 0 Å². The summed E-state index contributed by atoms with van der Waals surface area (Å²) < 4.78 is 24.9. The Labute approximate surface area is 72.6 Å². The van der Waals surface area contributed by atoms with Crippen LogP contribution in [0.25, 0.3) is 0 Å². The van der Waals surface area contributed by atoms with Crippen molar-refractivity contribution < 1.29 is 8.78 Å². The minimum Gasteiger partial charge on any atom is -0.226 e. The van der Waals surface area contributed by atoms with Gasteiger partial charge in [-0.1, -0.05) is 22.5 Å². The van der Waals surface area contributed by atoms with Gasteiger partial charge >= 0.3 is 0 Å². The highest BCUT2D eigenvalue weighted by molar-refractivity contribution is 9.09. The van der Waals surface area contributed by atoms with Gasteiger partial charge in [-0.05, 0) is 13.0 Å².